The molecular weight excluding hydrogens is 426 g/mol. The number of benzene rings is 1. The highest BCUT2D eigenvalue weighted by atomic mass is 32.2. The molecule has 0 unspecified atom stereocenters. The van der Waals surface area contributed by atoms with Gasteiger partial charge in [0.1, 0.15) is 0 Å². The van der Waals surface area contributed by atoms with E-state index in [2.05, 4.69) is 5.10 Å². The first-order valence-corrected chi connectivity index (χ1v) is 12.7. The first-order valence-electron chi connectivity index (χ1n) is 11.3. The summed E-state index contributed by atoms with van der Waals surface area (Å²) in [6.45, 7) is 5.65. The summed E-state index contributed by atoms with van der Waals surface area (Å²) in [7, 11) is -0.284. The van der Waals surface area contributed by atoms with Crippen molar-refractivity contribution in [2.45, 2.75) is 45.6 Å². The Morgan fingerprint density at radius 3 is 2.53 bits per heavy atom. The van der Waals surface area contributed by atoms with Crippen molar-refractivity contribution in [3.05, 3.63) is 47.3 Å². The van der Waals surface area contributed by atoms with E-state index in [1.54, 1.807) is 18.4 Å². The second kappa shape index (κ2) is 8.96. The van der Waals surface area contributed by atoms with Gasteiger partial charge >= 0.3 is 0 Å². The molecule has 2 aliphatic heterocycles. The lowest BCUT2D eigenvalue weighted by molar-refractivity contribution is -0.137. The van der Waals surface area contributed by atoms with Gasteiger partial charge in [-0.25, -0.2) is 4.68 Å². The van der Waals surface area contributed by atoms with Gasteiger partial charge in [0.2, 0.25) is 5.91 Å². The van der Waals surface area contributed by atoms with E-state index in [-0.39, 0.29) is 17.9 Å². The Morgan fingerprint density at radius 1 is 1.12 bits per heavy atom. The first-order chi connectivity index (χ1) is 15.2. The van der Waals surface area contributed by atoms with E-state index in [0.717, 1.165) is 42.0 Å². The fourth-order valence-corrected chi connectivity index (χ4v) is 6.30. The topological polar surface area (TPSA) is 78.8 Å². The number of piperidine rings is 2. The van der Waals surface area contributed by atoms with Gasteiger partial charge in [0.15, 0.2) is 0 Å². The highest BCUT2D eigenvalue weighted by Gasteiger charge is 2.41. The Labute approximate surface area is 191 Å². The van der Waals surface area contributed by atoms with Crippen LogP contribution in [0.1, 0.15) is 36.2 Å². The number of carbonyl (C=O) groups is 1. The lowest BCUT2D eigenvalue weighted by atomic mass is 9.84. The number of likely N-dealkylation sites (tertiary alicyclic amines) is 1. The smallest absolute Gasteiger partial charge is 0.281 e. The lowest BCUT2D eigenvalue weighted by Gasteiger charge is -2.47. The highest BCUT2D eigenvalue weighted by Crippen LogP contribution is 2.33. The molecule has 0 radical (unpaired) electrons. The van der Waals surface area contributed by atoms with Crippen LogP contribution in [-0.2, 0) is 21.4 Å². The molecule has 0 aliphatic carbocycles. The number of aryl methyl sites for hydroxylation is 1. The Bertz CT molecular complexity index is 1080. The molecule has 1 aromatic carbocycles. The summed E-state index contributed by atoms with van der Waals surface area (Å²) in [4.78, 5) is 15.4. The minimum absolute atomic E-state index is 0.106. The number of carbonyl (C=O) groups excluding carboxylic acids is 1. The van der Waals surface area contributed by atoms with Gasteiger partial charge < -0.3 is 4.90 Å². The van der Waals surface area contributed by atoms with Crippen LogP contribution in [0.3, 0.4) is 0 Å². The van der Waals surface area contributed by atoms with Crippen LogP contribution in [0.2, 0.25) is 0 Å². The molecule has 174 valence electrons. The molecule has 32 heavy (non-hydrogen) atoms. The van der Waals surface area contributed by atoms with E-state index in [1.807, 2.05) is 53.8 Å². The molecule has 4 rings (SSSR count). The van der Waals surface area contributed by atoms with Crippen LogP contribution >= 0.6 is 0 Å². The van der Waals surface area contributed by atoms with Crippen LogP contribution in [0.4, 0.5) is 0 Å². The second-order valence-electron chi connectivity index (χ2n) is 9.07. The van der Waals surface area contributed by atoms with Crippen molar-refractivity contribution >= 4 is 16.1 Å². The number of aromatic nitrogens is 2. The molecule has 1 aromatic heterocycles. The summed E-state index contributed by atoms with van der Waals surface area (Å²) < 4.78 is 29.9. The zero-order chi connectivity index (χ0) is 23.0. The molecule has 0 bridgehead atoms. The maximum Gasteiger partial charge on any atom is 0.281 e. The van der Waals surface area contributed by atoms with Crippen LogP contribution in [0.5, 0.6) is 0 Å². The van der Waals surface area contributed by atoms with E-state index in [4.69, 9.17) is 0 Å². The van der Waals surface area contributed by atoms with Crippen molar-refractivity contribution < 1.29 is 13.2 Å². The predicted molar refractivity (Wildman–Crippen MR) is 124 cm³/mol. The van der Waals surface area contributed by atoms with Crippen LogP contribution in [0.25, 0.3) is 5.69 Å². The summed E-state index contributed by atoms with van der Waals surface area (Å²) in [6, 6.07) is 10.1. The maximum atomic E-state index is 13.4. The van der Waals surface area contributed by atoms with E-state index in [1.165, 1.54) is 4.31 Å². The number of nitrogens with zero attached hydrogens (tertiary/aromatic N) is 5. The summed E-state index contributed by atoms with van der Waals surface area (Å²) >= 11 is 0. The summed E-state index contributed by atoms with van der Waals surface area (Å²) in [5.74, 6) is 0.299. The average Bonchev–Trinajstić information content (AvgIpc) is 3.07. The molecule has 0 N–H and O–H groups in total. The maximum absolute atomic E-state index is 13.4. The molecule has 1 amide bonds. The molecule has 0 spiro atoms. The van der Waals surface area contributed by atoms with Crippen molar-refractivity contribution in [2.75, 3.05) is 33.7 Å². The fourth-order valence-electron chi connectivity index (χ4n) is 5.12. The molecule has 9 heteroatoms. The molecule has 2 aliphatic rings. The standard InChI is InChI=1S/C23H33N5O3S/c1-17-21(18(2)28(24-17)20-10-6-5-7-11-20)15-23(29)27-13-8-9-19-16-26(14-12-22(19)27)32(30,31)25(3)4/h5-7,10-11,19,22H,8-9,12-16H2,1-4H3/t19-,22+/m1/s1. The number of hydrogen-bond acceptors (Lipinski definition) is 4. The molecule has 0 saturated carbocycles. The van der Waals surface area contributed by atoms with Crippen molar-refractivity contribution in [1.29, 1.82) is 0 Å². The SMILES string of the molecule is Cc1nn(-c2ccccc2)c(C)c1CC(=O)N1CCC[C@@H]2CN(S(=O)(=O)N(C)C)CC[C@@H]21. The minimum Gasteiger partial charge on any atom is -0.339 e. The van der Waals surface area contributed by atoms with E-state index < -0.39 is 10.2 Å². The molecule has 2 aromatic rings. The van der Waals surface area contributed by atoms with Gasteiger partial charge in [-0.1, -0.05) is 18.2 Å². The molecule has 2 atom stereocenters. The van der Waals surface area contributed by atoms with Gasteiger partial charge in [-0.15, -0.1) is 0 Å². The number of rotatable bonds is 5. The first kappa shape index (κ1) is 22.9. The highest BCUT2D eigenvalue weighted by molar-refractivity contribution is 7.86. The quantitative estimate of drug-likeness (QED) is 0.686. The minimum atomic E-state index is -3.42. The van der Waals surface area contributed by atoms with Gasteiger partial charge in [0, 0.05) is 51.0 Å². The number of hydrogen-bond donors (Lipinski definition) is 0. The molecule has 3 heterocycles. The molecule has 2 fully saturated rings. The third-order valence-corrected chi connectivity index (χ3v) is 8.82. The Kier molecular flexibility index (Phi) is 6.42. The normalized spacial score (nSPS) is 22.2. The van der Waals surface area contributed by atoms with Gasteiger partial charge in [-0.05, 0) is 51.2 Å². The largest absolute Gasteiger partial charge is 0.339 e. The van der Waals surface area contributed by atoms with Gasteiger partial charge in [0.05, 0.1) is 17.8 Å². The molecule has 2 saturated heterocycles. The van der Waals surface area contributed by atoms with E-state index >= 15 is 0 Å². The lowest BCUT2D eigenvalue weighted by Crippen LogP contribution is -2.58. The zero-order valence-electron chi connectivity index (χ0n) is 19.4. The van der Waals surface area contributed by atoms with Gasteiger partial charge in [0.25, 0.3) is 10.2 Å². The molecular formula is C23H33N5O3S. The monoisotopic (exact) mass is 459 g/mol. The Balaban J connectivity index is 1.50. The molecule has 8 nitrogen and oxygen atoms in total. The van der Waals surface area contributed by atoms with Gasteiger partial charge in [-0.2, -0.15) is 22.1 Å². The van der Waals surface area contributed by atoms with Crippen LogP contribution in [0.15, 0.2) is 30.3 Å². The van der Waals surface area contributed by atoms with E-state index in [9.17, 15) is 13.2 Å². The number of para-hydroxylation sites is 1. The zero-order valence-corrected chi connectivity index (χ0v) is 20.2. The van der Waals surface area contributed by atoms with E-state index in [0.29, 0.717) is 25.9 Å². The van der Waals surface area contributed by atoms with Crippen LogP contribution in [0, 0.1) is 19.8 Å². The fraction of sp³-hybridized carbons (Fsp3) is 0.565. The van der Waals surface area contributed by atoms with Crippen LogP contribution in [-0.4, -0.2) is 77.4 Å². The Morgan fingerprint density at radius 2 is 1.84 bits per heavy atom. The third kappa shape index (κ3) is 4.21. The third-order valence-electron chi connectivity index (χ3n) is 6.91. The summed E-state index contributed by atoms with van der Waals surface area (Å²) in [5, 5.41) is 4.68. The van der Waals surface area contributed by atoms with Gasteiger partial charge in [-0.3, -0.25) is 4.79 Å². The Hall–Kier alpha value is -2.23. The van der Waals surface area contributed by atoms with Crippen molar-refractivity contribution in [3.63, 3.8) is 0 Å². The van der Waals surface area contributed by atoms with Crippen molar-refractivity contribution in [2.24, 2.45) is 5.92 Å². The summed E-state index contributed by atoms with van der Waals surface area (Å²) in [5.41, 5.74) is 3.83. The summed E-state index contributed by atoms with van der Waals surface area (Å²) in [6.07, 6.45) is 2.88. The van der Waals surface area contributed by atoms with Crippen molar-refractivity contribution in [1.82, 2.24) is 23.3 Å². The van der Waals surface area contributed by atoms with Crippen LogP contribution < -0.4 is 0 Å². The number of fused-ring (bicyclic) bond motifs is 1. The predicted octanol–water partition coefficient (Wildman–Crippen LogP) is 2.15. The van der Waals surface area contributed by atoms with Crippen molar-refractivity contribution in [3.8, 4) is 5.69 Å². The average molecular weight is 460 g/mol. The second-order valence-corrected chi connectivity index (χ2v) is 11.2. The number of amides is 1.